The Kier molecular flexibility index (Phi) is 4.44. The molecule has 4 rings (SSSR count). The molecule has 8 heteroatoms. The molecular weight excluding hydrogens is 336 g/mol. The molecule has 0 aromatic carbocycles. The van der Waals surface area contributed by atoms with Gasteiger partial charge in [-0.2, -0.15) is 8.75 Å². The van der Waals surface area contributed by atoms with Crippen LogP contribution in [0.5, 0.6) is 0 Å². The number of piperidine rings is 1. The molecule has 0 N–H and O–H groups in total. The third kappa shape index (κ3) is 3.02. The van der Waals surface area contributed by atoms with Crippen molar-refractivity contribution in [1.29, 1.82) is 0 Å². The van der Waals surface area contributed by atoms with Crippen molar-refractivity contribution in [3.63, 3.8) is 0 Å². The number of hydrogen-bond donors (Lipinski definition) is 0. The minimum Gasteiger partial charge on any atom is -0.337 e. The lowest BCUT2D eigenvalue weighted by atomic mass is 10.0. The van der Waals surface area contributed by atoms with Crippen LogP contribution in [0.3, 0.4) is 0 Å². The second-order valence-electron chi connectivity index (χ2n) is 6.31. The Morgan fingerprint density at radius 3 is 2.92 bits per heavy atom. The van der Waals surface area contributed by atoms with Gasteiger partial charge in [0.15, 0.2) is 11.3 Å². The van der Waals surface area contributed by atoms with E-state index in [1.165, 1.54) is 0 Å². The first-order valence-corrected chi connectivity index (χ1v) is 9.39. The van der Waals surface area contributed by atoms with Crippen LogP contribution >= 0.6 is 11.7 Å². The van der Waals surface area contributed by atoms with Gasteiger partial charge in [-0.1, -0.05) is 6.92 Å². The Morgan fingerprint density at radius 2 is 2.20 bits per heavy atom. The zero-order chi connectivity index (χ0) is 17.2. The number of nitrogens with zero attached hydrogens (tertiary/aromatic N) is 6. The van der Waals surface area contributed by atoms with Crippen molar-refractivity contribution in [2.45, 2.75) is 38.6 Å². The molecule has 1 amide bonds. The van der Waals surface area contributed by atoms with Crippen LogP contribution in [0.25, 0.3) is 11.2 Å². The van der Waals surface area contributed by atoms with Crippen LogP contribution in [0.15, 0.2) is 24.5 Å². The van der Waals surface area contributed by atoms with E-state index in [1.54, 1.807) is 6.20 Å². The van der Waals surface area contributed by atoms with E-state index < -0.39 is 0 Å². The van der Waals surface area contributed by atoms with Gasteiger partial charge in [-0.15, -0.1) is 0 Å². The summed E-state index contributed by atoms with van der Waals surface area (Å²) >= 11 is 1.07. The Bertz CT molecular complexity index is 867. The molecule has 1 saturated heterocycles. The van der Waals surface area contributed by atoms with E-state index in [-0.39, 0.29) is 5.91 Å². The zero-order valence-electron chi connectivity index (χ0n) is 14.1. The van der Waals surface area contributed by atoms with Gasteiger partial charge in [0, 0.05) is 31.7 Å². The van der Waals surface area contributed by atoms with Gasteiger partial charge in [-0.05, 0) is 31.4 Å². The summed E-state index contributed by atoms with van der Waals surface area (Å²) in [5.41, 5.74) is 2.36. The summed E-state index contributed by atoms with van der Waals surface area (Å²) in [7, 11) is 0. The summed E-state index contributed by atoms with van der Waals surface area (Å²) in [6.45, 7) is 3.61. The highest BCUT2D eigenvalue weighted by Gasteiger charge is 2.28. The van der Waals surface area contributed by atoms with Gasteiger partial charge in [0.2, 0.25) is 0 Å². The standard InChI is InChI=1S/C17H20N6OS/c1-2-4-15-20-13-5-3-8-18-16(13)23(15)12-6-9-22(10-7-12)17(24)14-11-19-25-21-14/h3,5,8,11-12H,2,4,6-7,9-10H2,1H3. The number of fused-ring (bicyclic) bond motifs is 1. The summed E-state index contributed by atoms with van der Waals surface area (Å²) in [5, 5.41) is 0. The van der Waals surface area contributed by atoms with Gasteiger partial charge in [-0.25, -0.2) is 9.97 Å². The van der Waals surface area contributed by atoms with Crippen molar-refractivity contribution in [1.82, 2.24) is 28.2 Å². The number of imidazole rings is 1. The van der Waals surface area contributed by atoms with Crippen LogP contribution in [0.4, 0.5) is 0 Å². The summed E-state index contributed by atoms with van der Waals surface area (Å²) in [6, 6.07) is 4.28. The van der Waals surface area contributed by atoms with Crippen LogP contribution < -0.4 is 0 Å². The lowest BCUT2D eigenvalue weighted by Gasteiger charge is -2.33. The van der Waals surface area contributed by atoms with Crippen LogP contribution in [-0.4, -0.2) is 47.2 Å². The Hall–Kier alpha value is -2.35. The van der Waals surface area contributed by atoms with Crippen molar-refractivity contribution >= 4 is 28.8 Å². The quantitative estimate of drug-likeness (QED) is 0.718. The van der Waals surface area contributed by atoms with Crippen molar-refractivity contribution in [2.75, 3.05) is 13.1 Å². The number of amides is 1. The van der Waals surface area contributed by atoms with E-state index in [9.17, 15) is 4.79 Å². The molecular formula is C17H20N6OS. The van der Waals surface area contributed by atoms with Gasteiger partial charge < -0.3 is 9.47 Å². The molecule has 0 radical (unpaired) electrons. The van der Waals surface area contributed by atoms with Crippen molar-refractivity contribution < 1.29 is 4.79 Å². The monoisotopic (exact) mass is 356 g/mol. The largest absolute Gasteiger partial charge is 0.337 e. The molecule has 3 aromatic heterocycles. The second-order valence-corrected chi connectivity index (χ2v) is 6.87. The second kappa shape index (κ2) is 6.87. The Morgan fingerprint density at radius 1 is 1.36 bits per heavy atom. The van der Waals surface area contributed by atoms with Crippen LogP contribution in [0, 0.1) is 0 Å². The van der Waals surface area contributed by atoms with Gasteiger partial charge in [0.1, 0.15) is 11.3 Å². The van der Waals surface area contributed by atoms with E-state index >= 15 is 0 Å². The van der Waals surface area contributed by atoms with E-state index in [0.29, 0.717) is 11.7 Å². The molecule has 130 valence electrons. The summed E-state index contributed by atoms with van der Waals surface area (Å²) in [4.78, 5) is 23.6. The molecule has 4 heterocycles. The maximum Gasteiger partial charge on any atom is 0.275 e. The Labute approximate surface area is 150 Å². The van der Waals surface area contributed by atoms with Crippen LogP contribution in [-0.2, 0) is 6.42 Å². The number of hydrogen-bond acceptors (Lipinski definition) is 6. The van der Waals surface area contributed by atoms with E-state index in [2.05, 4.69) is 25.2 Å². The van der Waals surface area contributed by atoms with Crippen LogP contribution in [0.1, 0.15) is 48.5 Å². The molecule has 0 unspecified atom stereocenters. The fourth-order valence-corrected chi connectivity index (χ4v) is 3.92. The zero-order valence-corrected chi connectivity index (χ0v) is 14.9. The molecule has 7 nitrogen and oxygen atoms in total. The average Bonchev–Trinajstić information content (AvgIpc) is 3.29. The molecule has 0 saturated carbocycles. The van der Waals surface area contributed by atoms with Gasteiger partial charge in [0.05, 0.1) is 17.9 Å². The maximum atomic E-state index is 12.4. The average molecular weight is 356 g/mol. The van der Waals surface area contributed by atoms with Crippen LogP contribution in [0.2, 0.25) is 0 Å². The molecule has 0 atom stereocenters. The minimum atomic E-state index is -0.0189. The first-order chi connectivity index (χ1) is 12.3. The number of pyridine rings is 1. The maximum absolute atomic E-state index is 12.4. The molecule has 1 fully saturated rings. The van der Waals surface area contributed by atoms with Gasteiger partial charge >= 0.3 is 0 Å². The molecule has 0 bridgehead atoms. The molecule has 0 spiro atoms. The predicted molar refractivity (Wildman–Crippen MR) is 95.6 cm³/mol. The minimum absolute atomic E-state index is 0.0189. The first-order valence-electron chi connectivity index (χ1n) is 8.66. The SMILES string of the molecule is CCCc1nc2cccnc2n1C1CCN(C(=O)c2cnsn2)CC1. The number of rotatable bonds is 4. The number of likely N-dealkylation sites (tertiary alicyclic amines) is 1. The third-order valence-corrected chi connectivity index (χ3v) is 5.17. The van der Waals surface area contributed by atoms with Crippen molar-refractivity contribution in [3.8, 4) is 0 Å². The number of carbonyl (C=O) groups is 1. The molecule has 3 aromatic rings. The lowest BCUT2D eigenvalue weighted by Crippen LogP contribution is -2.39. The van der Waals surface area contributed by atoms with Crippen molar-refractivity contribution in [3.05, 3.63) is 36.0 Å². The van der Waals surface area contributed by atoms with Gasteiger partial charge in [-0.3, -0.25) is 4.79 Å². The topological polar surface area (TPSA) is 76.8 Å². The summed E-state index contributed by atoms with van der Waals surface area (Å²) in [6.07, 6.45) is 7.18. The third-order valence-electron chi connectivity index (χ3n) is 4.69. The van der Waals surface area contributed by atoms with E-state index in [0.717, 1.165) is 67.5 Å². The first kappa shape index (κ1) is 16.1. The summed E-state index contributed by atoms with van der Waals surface area (Å²) < 4.78 is 10.3. The van der Waals surface area contributed by atoms with E-state index in [1.807, 2.05) is 23.2 Å². The molecule has 1 aliphatic heterocycles. The number of aromatic nitrogens is 5. The number of carbonyl (C=O) groups excluding carboxylic acids is 1. The van der Waals surface area contributed by atoms with E-state index in [4.69, 9.17) is 4.98 Å². The summed E-state index contributed by atoms with van der Waals surface area (Å²) in [5.74, 6) is 1.08. The normalized spacial score (nSPS) is 15.8. The number of aryl methyl sites for hydroxylation is 1. The predicted octanol–water partition coefficient (Wildman–Crippen LogP) is 2.71. The highest BCUT2D eigenvalue weighted by molar-refractivity contribution is 6.99. The highest BCUT2D eigenvalue weighted by Crippen LogP contribution is 2.29. The molecule has 1 aliphatic rings. The molecule has 25 heavy (non-hydrogen) atoms. The lowest BCUT2D eigenvalue weighted by molar-refractivity contribution is 0.0690. The fourth-order valence-electron chi connectivity index (χ4n) is 3.51. The fraction of sp³-hybridized carbons (Fsp3) is 0.471. The highest BCUT2D eigenvalue weighted by atomic mass is 32.1. The smallest absolute Gasteiger partial charge is 0.275 e. The van der Waals surface area contributed by atoms with Gasteiger partial charge in [0.25, 0.3) is 5.91 Å². The Balaban J connectivity index is 1.55. The van der Waals surface area contributed by atoms with Crippen molar-refractivity contribution in [2.24, 2.45) is 0 Å². The molecule has 0 aliphatic carbocycles.